The molecule has 1 spiro atoms. The molecule has 0 unspecified atom stereocenters. The van der Waals surface area contributed by atoms with Crippen LogP contribution >= 0.6 is 0 Å². The number of nitrogens with one attached hydrogen (secondary N) is 1. The van der Waals surface area contributed by atoms with E-state index < -0.39 is 13.7 Å². The maximum absolute atomic E-state index is 14.7. The lowest BCUT2D eigenvalue weighted by Gasteiger charge is -2.37. The van der Waals surface area contributed by atoms with E-state index in [1.165, 1.54) is 5.19 Å². The van der Waals surface area contributed by atoms with Crippen molar-refractivity contribution in [2.24, 2.45) is 5.92 Å². The normalized spacial score (nSPS) is 25.5. The van der Waals surface area contributed by atoms with Crippen molar-refractivity contribution in [2.45, 2.75) is 50.2 Å². The molecule has 3 aliphatic heterocycles. The first-order valence-electron chi connectivity index (χ1n) is 15.2. The first-order valence-corrected chi connectivity index (χ1v) is 18.2. The van der Waals surface area contributed by atoms with Crippen molar-refractivity contribution >= 4 is 36.4 Å². The zero-order valence-electron chi connectivity index (χ0n) is 25.4. The van der Waals surface area contributed by atoms with Crippen molar-refractivity contribution in [2.75, 3.05) is 43.2 Å². The number of fused-ring (bicyclic) bond motifs is 2. The predicted molar refractivity (Wildman–Crippen MR) is 171 cm³/mol. The lowest BCUT2D eigenvalue weighted by Crippen LogP contribution is -2.51. The summed E-state index contributed by atoms with van der Waals surface area (Å²) in [6.45, 7) is 9.00. The second kappa shape index (κ2) is 11.5. The van der Waals surface area contributed by atoms with E-state index in [1.807, 2.05) is 65.6 Å². The summed E-state index contributed by atoms with van der Waals surface area (Å²) in [7, 11) is -0.545. The number of aliphatic hydroxyl groups excluding tert-OH is 1. The average Bonchev–Trinajstić information content (AvgIpc) is 3.45. The van der Waals surface area contributed by atoms with Gasteiger partial charge < -0.3 is 29.7 Å². The van der Waals surface area contributed by atoms with Crippen molar-refractivity contribution in [3.8, 4) is 5.75 Å². The first kappa shape index (κ1) is 29.6. The summed E-state index contributed by atoms with van der Waals surface area (Å²) in [4.78, 5) is 30.7. The SMILES string of the molecule is COc1ccc([Si](C)(C)[C@@H]2[C@@H](CCO)O[C@]3(C(=O)N(Cc4ccc(N5CCNCC5=O)cc4)c4ccccc43)[C@H]2C)cc1. The van der Waals surface area contributed by atoms with Gasteiger partial charge >= 0.3 is 0 Å². The van der Waals surface area contributed by atoms with Gasteiger partial charge in [0.05, 0.1) is 40.1 Å². The van der Waals surface area contributed by atoms with E-state index in [1.54, 1.807) is 12.0 Å². The van der Waals surface area contributed by atoms with Crippen LogP contribution < -0.4 is 25.0 Å². The summed E-state index contributed by atoms with van der Waals surface area (Å²) in [5, 5.41) is 14.5. The summed E-state index contributed by atoms with van der Waals surface area (Å²) in [5.41, 5.74) is 2.60. The number of nitrogens with zero attached hydrogens (tertiary/aromatic N) is 2. The molecule has 0 bridgehead atoms. The van der Waals surface area contributed by atoms with Gasteiger partial charge in [-0.05, 0) is 47.9 Å². The molecule has 0 aliphatic carbocycles. The number of ether oxygens (including phenoxy) is 2. The van der Waals surface area contributed by atoms with Crippen LogP contribution in [-0.2, 0) is 26.5 Å². The van der Waals surface area contributed by atoms with Gasteiger partial charge in [0.2, 0.25) is 5.91 Å². The number of amides is 2. The quantitative estimate of drug-likeness (QED) is 0.383. The van der Waals surface area contributed by atoms with Gasteiger partial charge in [-0.15, -0.1) is 0 Å². The second-order valence-electron chi connectivity index (χ2n) is 12.5. The molecule has 0 saturated carbocycles. The van der Waals surface area contributed by atoms with E-state index in [2.05, 4.69) is 37.5 Å². The minimum absolute atomic E-state index is 0.00145. The third-order valence-electron chi connectivity index (χ3n) is 9.83. The maximum Gasteiger partial charge on any atom is 0.264 e. The summed E-state index contributed by atoms with van der Waals surface area (Å²) in [6, 6.07) is 24.2. The van der Waals surface area contributed by atoms with Crippen LogP contribution in [0.3, 0.4) is 0 Å². The van der Waals surface area contributed by atoms with Gasteiger partial charge in [-0.2, -0.15) is 0 Å². The Morgan fingerprint density at radius 2 is 1.77 bits per heavy atom. The Kier molecular flexibility index (Phi) is 7.93. The Morgan fingerprint density at radius 3 is 2.44 bits per heavy atom. The van der Waals surface area contributed by atoms with E-state index >= 15 is 0 Å². The van der Waals surface area contributed by atoms with Crippen LogP contribution in [0.2, 0.25) is 18.6 Å². The van der Waals surface area contributed by atoms with Gasteiger partial charge in [-0.25, -0.2) is 0 Å². The van der Waals surface area contributed by atoms with Crippen LogP contribution in [0.1, 0.15) is 24.5 Å². The lowest BCUT2D eigenvalue weighted by atomic mass is 9.82. The van der Waals surface area contributed by atoms with Crippen LogP contribution in [0.4, 0.5) is 11.4 Å². The fraction of sp³-hybridized carbons (Fsp3) is 0.412. The molecule has 9 heteroatoms. The summed E-state index contributed by atoms with van der Waals surface area (Å²) in [5.74, 6) is 0.723. The monoisotopic (exact) mass is 599 g/mol. The Labute approximate surface area is 254 Å². The molecule has 3 aliphatic rings. The van der Waals surface area contributed by atoms with Crippen LogP contribution in [0, 0.1) is 5.92 Å². The van der Waals surface area contributed by atoms with E-state index in [-0.39, 0.29) is 36.0 Å². The Bertz CT molecular complexity index is 1490. The van der Waals surface area contributed by atoms with Crippen molar-refractivity contribution in [1.82, 2.24) is 5.32 Å². The second-order valence-corrected chi connectivity index (χ2v) is 17.2. The van der Waals surface area contributed by atoms with Gasteiger partial charge in [-0.3, -0.25) is 9.59 Å². The molecule has 3 heterocycles. The van der Waals surface area contributed by atoms with Crippen LogP contribution in [0.5, 0.6) is 5.75 Å². The number of piperazine rings is 1. The van der Waals surface area contributed by atoms with Crippen molar-refractivity contribution in [3.63, 3.8) is 0 Å². The van der Waals surface area contributed by atoms with E-state index in [9.17, 15) is 14.7 Å². The highest BCUT2D eigenvalue weighted by Crippen LogP contribution is 2.60. The zero-order valence-corrected chi connectivity index (χ0v) is 26.4. The molecule has 2 fully saturated rings. The standard InChI is InChI=1S/C34H41N3O5Si/c1-23-32(43(3,4)27-15-13-26(41-2)14-16-27)30(17-20-38)42-34(23)28-7-5-6-8-29(28)37(33(34)40)22-24-9-11-25(12-10-24)36-19-18-35-21-31(36)39/h5-16,23,30,32,35,38H,17-22H2,1-4H3/t23-,30+,32-,34+/m0/s1. The first-order chi connectivity index (χ1) is 20.7. The van der Waals surface area contributed by atoms with E-state index in [0.29, 0.717) is 26.1 Å². The highest BCUT2D eigenvalue weighted by atomic mass is 28.3. The number of aliphatic hydroxyl groups is 1. The summed E-state index contributed by atoms with van der Waals surface area (Å²) in [6.07, 6.45) is 0.224. The number of anilines is 2. The molecular formula is C34H41N3O5Si. The largest absolute Gasteiger partial charge is 0.497 e. The zero-order chi connectivity index (χ0) is 30.4. The number of rotatable bonds is 8. The molecule has 2 amide bonds. The highest BCUT2D eigenvalue weighted by molar-refractivity contribution is 6.91. The minimum atomic E-state index is -2.21. The third kappa shape index (κ3) is 4.88. The molecule has 226 valence electrons. The number of hydrogen-bond donors (Lipinski definition) is 2. The van der Waals surface area contributed by atoms with E-state index in [4.69, 9.17) is 9.47 Å². The molecule has 6 rings (SSSR count). The maximum atomic E-state index is 14.7. The number of carbonyl (C=O) groups is 2. The lowest BCUT2D eigenvalue weighted by molar-refractivity contribution is -0.146. The van der Waals surface area contributed by atoms with Gasteiger partial charge in [0.1, 0.15) is 5.75 Å². The molecule has 8 nitrogen and oxygen atoms in total. The predicted octanol–water partition coefficient (Wildman–Crippen LogP) is 3.78. The van der Waals surface area contributed by atoms with Crippen LogP contribution in [-0.4, -0.2) is 64.4 Å². The van der Waals surface area contributed by atoms with Crippen molar-refractivity contribution in [1.29, 1.82) is 0 Å². The molecule has 43 heavy (non-hydrogen) atoms. The summed E-state index contributed by atoms with van der Waals surface area (Å²) >= 11 is 0. The summed E-state index contributed by atoms with van der Waals surface area (Å²) < 4.78 is 12.4. The molecule has 0 radical (unpaired) electrons. The topological polar surface area (TPSA) is 91.3 Å². The highest BCUT2D eigenvalue weighted by Gasteiger charge is 2.66. The number of para-hydroxylation sites is 1. The fourth-order valence-electron chi connectivity index (χ4n) is 7.67. The fourth-order valence-corrected chi connectivity index (χ4v) is 11.7. The average molecular weight is 600 g/mol. The van der Waals surface area contributed by atoms with Crippen LogP contribution in [0.15, 0.2) is 72.8 Å². The number of benzene rings is 3. The smallest absolute Gasteiger partial charge is 0.264 e. The van der Waals surface area contributed by atoms with Gasteiger partial charge in [0.25, 0.3) is 5.91 Å². The Hall–Kier alpha value is -3.50. The van der Waals surface area contributed by atoms with Gasteiger partial charge in [0, 0.05) is 36.9 Å². The van der Waals surface area contributed by atoms with Gasteiger partial charge in [-0.1, -0.05) is 67.7 Å². The van der Waals surface area contributed by atoms with E-state index in [0.717, 1.165) is 34.8 Å². The minimum Gasteiger partial charge on any atom is -0.497 e. The Morgan fingerprint density at radius 1 is 1.05 bits per heavy atom. The Balaban J connectivity index is 1.33. The van der Waals surface area contributed by atoms with Gasteiger partial charge in [0.15, 0.2) is 5.60 Å². The molecule has 2 saturated heterocycles. The molecule has 3 aromatic carbocycles. The van der Waals surface area contributed by atoms with Crippen LogP contribution in [0.25, 0.3) is 0 Å². The molecule has 4 atom stereocenters. The molecular weight excluding hydrogens is 558 g/mol. The van der Waals surface area contributed by atoms with Crippen molar-refractivity contribution < 1.29 is 24.2 Å². The van der Waals surface area contributed by atoms with Crippen molar-refractivity contribution in [3.05, 3.63) is 83.9 Å². The molecule has 0 aromatic heterocycles. The molecule has 2 N–H and O–H groups in total. The number of carbonyl (C=O) groups excluding carboxylic acids is 2. The number of methoxy groups -OCH3 is 1. The number of hydrogen-bond acceptors (Lipinski definition) is 6. The third-order valence-corrected chi connectivity index (χ3v) is 14.2. The molecule has 3 aromatic rings.